The molecule has 0 aliphatic heterocycles. The molecule has 0 fully saturated rings. The van der Waals surface area contributed by atoms with Crippen molar-refractivity contribution in [2.45, 2.75) is 26.3 Å². The molecule has 0 aliphatic rings. The molecule has 0 aromatic carbocycles. The number of rotatable bonds is 5. The number of anilines is 1. The van der Waals surface area contributed by atoms with E-state index in [1.807, 2.05) is 6.92 Å². The number of halogens is 1. The lowest BCUT2D eigenvalue weighted by Gasteiger charge is -2.14. The minimum atomic E-state index is -0.376. The van der Waals surface area contributed by atoms with E-state index in [-0.39, 0.29) is 11.9 Å². The van der Waals surface area contributed by atoms with E-state index in [2.05, 4.69) is 20.6 Å². The van der Waals surface area contributed by atoms with E-state index in [1.54, 1.807) is 6.92 Å². The molecule has 0 spiro atoms. The largest absolute Gasteiger partial charge is 0.357 e. The number of hydrogen-bond donors (Lipinski definition) is 2. The van der Waals surface area contributed by atoms with Crippen LogP contribution in [0.4, 0.5) is 5.82 Å². The van der Waals surface area contributed by atoms with Crippen molar-refractivity contribution in [3.63, 3.8) is 0 Å². The molecule has 5 nitrogen and oxygen atoms in total. The van der Waals surface area contributed by atoms with Gasteiger partial charge >= 0.3 is 0 Å². The van der Waals surface area contributed by atoms with Gasteiger partial charge in [0.05, 0.1) is 6.20 Å². The van der Waals surface area contributed by atoms with Crippen molar-refractivity contribution in [2.75, 3.05) is 11.9 Å². The minimum absolute atomic E-state index is 0.0727. The molecule has 1 aromatic heterocycles. The summed E-state index contributed by atoms with van der Waals surface area (Å²) in [5.74, 6) is 0.396. The minimum Gasteiger partial charge on any atom is -0.357 e. The van der Waals surface area contributed by atoms with E-state index in [0.29, 0.717) is 17.4 Å². The Labute approximate surface area is 99.6 Å². The highest BCUT2D eigenvalue weighted by atomic mass is 35.5. The molecular formula is C10H15ClN4O. The Bertz CT molecular complexity index is 358. The van der Waals surface area contributed by atoms with Crippen molar-refractivity contribution >= 4 is 23.3 Å². The van der Waals surface area contributed by atoms with E-state index >= 15 is 0 Å². The quantitative estimate of drug-likeness (QED) is 0.820. The van der Waals surface area contributed by atoms with Gasteiger partial charge in [0, 0.05) is 6.54 Å². The SMILES string of the molecule is CCCNC(=O)C(C)Nc1ncncc1Cl. The summed E-state index contributed by atoms with van der Waals surface area (Å²) in [6.07, 6.45) is 3.77. The van der Waals surface area contributed by atoms with Crippen LogP contribution in [0.25, 0.3) is 0 Å². The molecule has 1 aromatic rings. The number of nitrogens with zero attached hydrogens (tertiary/aromatic N) is 2. The van der Waals surface area contributed by atoms with Crippen LogP contribution < -0.4 is 10.6 Å². The van der Waals surface area contributed by atoms with Crippen LogP contribution in [0, 0.1) is 0 Å². The molecule has 1 rings (SSSR count). The highest BCUT2D eigenvalue weighted by molar-refractivity contribution is 6.32. The molecular weight excluding hydrogens is 228 g/mol. The molecule has 2 N–H and O–H groups in total. The van der Waals surface area contributed by atoms with E-state index in [9.17, 15) is 4.79 Å². The van der Waals surface area contributed by atoms with Gasteiger partial charge < -0.3 is 10.6 Å². The summed E-state index contributed by atoms with van der Waals surface area (Å²) in [6, 6.07) is -0.376. The molecule has 6 heteroatoms. The summed E-state index contributed by atoms with van der Waals surface area (Å²) in [6.45, 7) is 4.42. The summed E-state index contributed by atoms with van der Waals surface area (Å²) in [5, 5.41) is 6.11. The molecule has 0 saturated carbocycles. The lowest BCUT2D eigenvalue weighted by molar-refractivity contribution is -0.121. The van der Waals surface area contributed by atoms with Crippen molar-refractivity contribution in [1.82, 2.24) is 15.3 Å². The maximum atomic E-state index is 11.6. The van der Waals surface area contributed by atoms with Crippen LogP contribution in [0.1, 0.15) is 20.3 Å². The first kappa shape index (κ1) is 12.7. The van der Waals surface area contributed by atoms with Gasteiger partial charge in [0.25, 0.3) is 0 Å². The number of carbonyl (C=O) groups excluding carboxylic acids is 1. The van der Waals surface area contributed by atoms with Crippen LogP contribution in [0.3, 0.4) is 0 Å². The molecule has 0 radical (unpaired) electrons. The third-order valence-electron chi connectivity index (χ3n) is 1.96. The lowest BCUT2D eigenvalue weighted by Crippen LogP contribution is -2.38. The number of carbonyl (C=O) groups is 1. The van der Waals surface area contributed by atoms with Crippen LogP contribution >= 0.6 is 11.6 Å². The van der Waals surface area contributed by atoms with Crippen LogP contribution in [-0.4, -0.2) is 28.5 Å². The molecule has 1 heterocycles. The van der Waals surface area contributed by atoms with Gasteiger partial charge in [-0.25, -0.2) is 9.97 Å². The monoisotopic (exact) mass is 242 g/mol. The summed E-state index contributed by atoms with van der Waals surface area (Å²) < 4.78 is 0. The molecule has 1 atom stereocenters. The fourth-order valence-electron chi connectivity index (χ4n) is 1.09. The first-order valence-corrected chi connectivity index (χ1v) is 5.52. The molecule has 0 saturated heterocycles. The smallest absolute Gasteiger partial charge is 0.242 e. The maximum Gasteiger partial charge on any atom is 0.242 e. The van der Waals surface area contributed by atoms with Gasteiger partial charge in [-0.1, -0.05) is 18.5 Å². The zero-order valence-corrected chi connectivity index (χ0v) is 10.1. The van der Waals surface area contributed by atoms with Crippen LogP contribution in [-0.2, 0) is 4.79 Å². The van der Waals surface area contributed by atoms with Gasteiger partial charge in [-0.05, 0) is 13.3 Å². The molecule has 1 unspecified atom stereocenters. The van der Waals surface area contributed by atoms with Gasteiger partial charge in [0.1, 0.15) is 23.2 Å². The Morgan fingerprint density at radius 3 is 3.00 bits per heavy atom. The Balaban J connectivity index is 2.54. The Hall–Kier alpha value is -1.36. The second-order valence-corrected chi connectivity index (χ2v) is 3.78. The Morgan fingerprint density at radius 1 is 1.62 bits per heavy atom. The van der Waals surface area contributed by atoms with E-state index < -0.39 is 0 Å². The second kappa shape index (κ2) is 6.27. The average molecular weight is 243 g/mol. The predicted molar refractivity (Wildman–Crippen MR) is 63.4 cm³/mol. The van der Waals surface area contributed by atoms with Crippen LogP contribution in [0.2, 0.25) is 5.02 Å². The predicted octanol–water partition coefficient (Wildman–Crippen LogP) is 1.46. The van der Waals surface area contributed by atoms with E-state index in [1.165, 1.54) is 12.5 Å². The van der Waals surface area contributed by atoms with Crippen LogP contribution in [0.15, 0.2) is 12.5 Å². The molecule has 0 aliphatic carbocycles. The zero-order valence-electron chi connectivity index (χ0n) is 9.33. The van der Waals surface area contributed by atoms with Gasteiger partial charge in [-0.2, -0.15) is 0 Å². The summed E-state index contributed by atoms with van der Waals surface area (Å²) in [7, 11) is 0. The standard InChI is InChI=1S/C10H15ClN4O/c1-3-4-13-10(16)7(2)15-9-8(11)5-12-6-14-9/h5-7H,3-4H2,1-2H3,(H,13,16)(H,12,14,15). The average Bonchev–Trinajstić information content (AvgIpc) is 2.28. The Morgan fingerprint density at radius 2 is 2.38 bits per heavy atom. The van der Waals surface area contributed by atoms with Crippen LogP contribution in [0.5, 0.6) is 0 Å². The third-order valence-corrected chi connectivity index (χ3v) is 2.24. The van der Waals surface area contributed by atoms with Crippen molar-refractivity contribution in [3.05, 3.63) is 17.5 Å². The lowest BCUT2D eigenvalue weighted by atomic mass is 10.3. The number of hydrogen-bond acceptors (Lipinski definition) is 4. The highest BCUT2D eigenvalue weighted by Gasteiger charge is 2.13. The van der Waals surface area contributed by atoms with Crippen molar-refractivity contribution in [1.29, 1.82) is 0 Å². The second-order valence-electron chi connectivity index (χ2n) is 3.38. The van der Waals surface area contributed by atoms with Gasteiger partial charge in [-0.15, -0.1) is 0 Å². The summed E-state index contributed by atoms with van der Waals surface area (Å²) >= 11 is 5.86. The Kier molecular flexibility index (Phi) is 4.98. The van der Waals surface area contributed by atoms with Gasteiger partial charge in [0.2, 0.25) is 5.91 Å². The van der Waals surface area contributed by atoms with Crippen molar-refractivity contribution in [2.24, 2.45) is 0 Å². The summed E-state index contributed by atoms with van der Waals surface area (Å²) in [4.78, 5) is 19.3. The fraction of sp³-hybridized carbons (Fsp3) is 0.500. The molecule has 0 bridgehead atoms. The fourth-order valence-corrected chi connectivity index (χ4v) is 1.25. The van der Waals surface area contributed by atoms with E-state index in [4.69, 9.17) is 11.6 Å². The van der Waals surface area contributed by atoms with Crippen molar-refractivity contribution in [3.8, 4) is 0 Å². The first-order chi connectivity index (χ1) is 7.65. The number of amides is 1. The molecule has 16 heavy (non-hydrogen) atoms. The van der Waals surface area contributed by atoms with E-state index in [0.717, 1.165) is 6.42 Å². The summed E-state index contributed by atoms with van der Waals surface area (Å²) in [5.41, 5.74) is 0. The molecule has 1 amide bonds. The third kappa shape index (κ3) is 3.66. The topological polar surface area (TPSA) is 66.9 Å². The number of aromatic nitrogens is 2. The van der Waals surface area contributed by atoms with Crippen molar-refractivity contribution < 1.29 is 4.79 Å². The van der Waals surface area contributed by atoms with Gasteiger partial charge in [0.15, 0.2) is 0 Å². The number of nitrogens with one attached hydrogen (secondary N) is 2. The maximum absolute atomic E-state index is 11.6. The highest BCUT2D eigenvalue weighted by Crippen LogP contribution is 2.16. The first-order valence-electron chi connectivity index (χ1n) is 5.15. The molecule has 88 valence electrons. The van der Waals surface area contributed by atoms with Gasteiger partial charge in [-0.3, -0.25) is 4.79 Å². The zero-order chi connectivity index (χ0) is 12.0. The normalized spacial score (nSPS) is 11.9.